The average molecular weight is 192 g/mol. The van der Waals surface area contributed by atoms with Crippen molar-refractivity contribution in [2.45, 2.75) is 46.5 Å². The Kier molecular flexibility index (Phi) is 2.72. The van der Waals surface area contributed by atoms with Crippen molar-refractivity contribution in [2.24, 2.45) is 29.6 Å². The normalized spacial score (nSPS) is 41.7. The fraction of sp³-hybridized carbons (Fsp3) is 0.857. The zero-order valence-electron chi connectivity index (χ0n) is 9.92. The second kappa shape index (κ2) is 3.72. The first-order valence-electron chi connectivity index (χ1n) is 6.30. The van der Waals surface area contributed by atoms with E-state index in [9.17, 15) is 0 Å². The summed E-state index contributed by atoms with van der Waals surface area (Å²) in [5.41, 5.74) is 1.53. The number of fused-ring (bicyclic) bond motifs is 1. The van der Waals surface area contributed by atoms with Crippen LogP contribution in [0.1, 0.15) is 46.5 Å². The van der Waals surface area contributed by atoms with Gasteiger partial charge in [-0.05, 0) is 48.9 Å². The molecule has 0 bridgehead atoms. The zero-order chi connectivity index (χ0) is 10.3. The molecule has 2 fully saturated rings. The highest BCUT2D eigenvalue weighted by atomic mass is 14.5. The van der Waals surface area contributed by atoms with Crippen LogP contribution in [0.15, 0.2) is 12.2 Å². The molecule has 0 saturated heterocycles. The lowest BCUT2D eigenvalue weighted by atomic mass is 9.78. The summed E-state index contributed by atoms with van der Waals surface area (Å²) in [4.78, 5) is 0. The van der Waals surface area contributed by atoms with Gasteiger partial charge in [0, 0.05) is 0 Å². The van der Waals surface area contributed by atoms with Crippen LogP contribution in [-0.2, 0) is 0 Å². The van der Waals surface area contributed by atoms with Crippen molar-refractivity contribution in [3.8, 4) is 0 Å². The standard InChI is InChI=1S/C14H24/c1-9(2)11(4)13-8-7-12-6-5-10(3)14(12)13/h9-10,12-14H,4-8H2,1-3H3. The summed E-state index contributed by atoms with van der Waals surface area (Å²) in [5, 5.41) is 0. The number of hydrogen-bond acceptors (Lipinski definition) is 0. The predicted molar refractivity (Wildman–Crippen MR) is 62.1 cm³/mol. The van der Waals surface area contributed by atoms with Gasteiger partial charge in [0.1, 0.15) is 0 Å². The molecule has 14 heavy (non-hydrogen) atoms. The number of hydrogen-bond donors (Lipinski definition) is 0. The third kappa shape index (κ3) is 1.53. The summed E-state index contributed by atoms with van der Waals surface area (Å²) < 4.78 is 0. The quantitative estimate of drug-likeness (QED) is 0.573. The Morgan fingerprint density at radius 3 is 2.43 bits per heavy atom. The van der Waals surface area contributed by atoms with Gasteiger partial charge in [-0.3, -0.25) is 0 Å². The van der Waals surface area contributed by atoms with Gasteiger partial charge in [0.15, 0.2) is 0 Å². The minimum Gasteiger partial charge on any atom is -0.0993 e. The molecule has 0 aliphatic heterocycles. The van der Waals surface area contributed by atoms with Crippen LogP contribution in [0.2, 0.25) is 0 Å². The third-order valence-electron chi connectivity index (χ3n) is 4.73. The van der Waals surface area contributed by atoms with E-state index in [0.29, 0.717) is 5.92 Å². The van der Waals surface area contributed by atoms with Crippen molar-refractivity contribution in [3.05, 3.63) is 12.2 Å². The van der Waals surface area contributed by atoms with Crippen LogP contribution in [0.4, 0.5) is 0 Å². The molecule has 80 valence electrons. The Bertz CT molecular complexity index is 226. The SMILES string of the molecule is C=C(C(C)C)C1CCC2CCC(C)C21. The maximum atomic E-state index is 4.33. The highest BCUT2D eigenvalue weighted by Crippen LogP contribution is 2.53. The summed E-state index contributed by atoms with van der Waals surface area (Å²) in [6.07, 6.45) is 5.87. The van der Waals surface area contributed by atoms with Gasteiger partial charge in [-0.1, -0.05) is 39.3 Å². The maximum absolute atomic E-state index is 4.33. The van der Waals surface area contributed by atoms with Gasteiger partial charge in [0.05, 0.1) is 0 Å². The van der Waals surface area contributed by atoms with E-state index in [0.717, 1.165) is 23.7 Å². The molecule has 0 heteroatoms. The van der Waals surface area contributed by atoms with Gasteiger partial charge >= 0.3 is 0 Å². The highest BCUT2D eigenvalue weighted by molar-refractivity contribution is 5.11. The van der Waals surface area contributed by atoms with Crippen LogP contribution in [0.3, 0.4) is 0 Å². The molecule has 0 aromatic carbocycles. The van der Waals surface area contributed by atoms with Crippen molar-refractivity contribution in [1.82, 2.24) is 0 Å². The first-order chi connectivity index (χ1) is 6.61. The second-order valence-corrected chi connectivity index (χ2v) is 5.81. The molecule has 0 N–H and O–H groups in total. The highest BCUT2D eigenvalue weighted by Gasteiger charge is 2.44. The van der Waals surface area contributed by atoms with E-state index in [1.165, 1.54) is 31.3 Å². The Balaban J connectivity index is 2.10. The van der Waals surface area contributed by atoms with E-state index in [2.05, 4.69) is 27.4 Å². The molecule has 0 radical (unpaired) electrons. The fourth-order valence-electron chi connectivity index (χ4n) is 3.84. The smallest absolute Gasteiger partial charge is 0.0170 e. The molecule has 0 nitrogen and oxygen atoms in total. The first-order valence-corrected chi connectivity index (χ1v) is 6.30. The van der Waals surface area contributed by atoms with Crippen LogP contribution < -0.4 is 0 Å². The zero-order valence-corrected chi connectivity index (χ0v) is 9.92. The number of allylic oxidation sites excluding steroid dienone is 1. The molecule has 0 heterocycles. The number of rotatable bonds is 2. The summed E-state index contributed by atoms with van der Waals surface area (Å²) in [7, 11) is 0. The van der Waals surface area contributed by atoms with E-state index < -0.39 is 0 Å². The molecule has 0 amide bonds. The monoisotopic (exact) mass is 192 g/mol. The van der Waals surface area contributed by atoms with Crippen LogP contribution in [0, 0.1) is 29.6 Å². The molecule has 0 aromatic heterocycles. The van der Waals surface area contributed by atoms with E-state index in [4.69, 9.17) is 0 Å². The van der Waals surface area contributed by atoms with Crippen LogP contribution in [0.5, 0.6) is 0 Å². The summed E-state index contributed by atoms with van der Waals surface area (Å²) in [5.74, 6) is 4.54. The summed E-state index contributed by atoms with van der Waals surface area (Å²) in [6.45, 7) is 11.4. The second-order valence-electron chi connectivity index (χ2n) is 5.81. The molecular weight excluding hydrogens is 168 g/mol. The Labute approximate surface area is 88.8 Å². The van der Waals surface area contributed by atoms with Crippen LogP contribution in [-0.4, -0.2) is 0 Å². The van der Waals surface area contributed by atoms with E-state index in [1.807, 2.05) is 0 Å². The van der Waals surface area contributed by atoms with Crippen LogP contribution in [0.25, 0.3) is 0 Å². The van der Waals surface area contributed by atoms with Crippen molar-refractivity contribution in [1.29, 1.82) is 0 Å². The van der Waals surface area contributed by atoms with Crippen molar-refractivity contribution < 1.29 is 0 Å². The van der Waals surface area contributed by atoms with Crippen molar-refractivity contribution in [2.75, 3.05) is 0 Å². The average Bonchev–Trinajstić information content (AvgIpc) is 2.68. The Morgan fingerprint density at radius 2 is 1.79 bits per heavy atom. The van der Waals surface area contributed by atoms with E-state index in [-0.39, 0.29) is 0 Å². The lowest BCUT2D eigenvalue weighted by molar-refractivity contribution is 0.303. The Morgan fingerprint density at radius 1 is 1.14 bits per heavy atom. The van der Waals surface area contributed by atoms with E-state index in [1.54, 1.807) is 0 Å². The molecule has 2 rings (SSSR count). The van der Waals surface area contributed by atoms with E-state index >= 15 is 0 Å². The summed E-state index contributed by atoms with van der Waals surface area (Å²) >= 11 is 0. The molecule has 2 aliphatic carbocycles. The molecule has 0 aromatic rings. The molecular formula is C14H24. The van der Waals surface area contributed by atoms with Crippen LogP contribution >= 0.6 is 0 Å². The molecule has 2 aliphatic rings. The molecule has 4 unspecified atom stereocenters. The minimum atomic E-state index is 0.687. The lowest BCUT2D eigenvalue weighted by Gasteiger charge is -2.27. The van der Waals surface area contributed by atoms with Gasteiger partial charge in [0.25, 0.3) is 0 Å². The molecule has 4 atom stereocenters. The van der Waals surface area contributed by atoms with Gasteiger partial charge in [-0.25, -0.2) is 0 Å². The van der Waals surface area contributed by atoms with Gasteiger partial charge in [-0.15, -0.1) is 0 Å². The maximum Gasteiger partial charge on any atom is -0.0170 e. The minimum absolute atomic E-state index is 0.687. The topological polar surface area (TPSA) is 0 Å². The fourth-order valence-corrected chi connectivity index (χ4v) is 3.84. The third-order valence-corrected chi connectivity index (χ3v) is 4.73. The predicted octanol–water partition coefficient (Wildman–Crippen LogP) is 4.27. The lowest BCUT2D eigenvalue weighted by Crippen LogP contribution is -2.19. The largest absolute Gasteiger partial charge is 0.0993 e. The van der Waals surface area contributed by atoms with Crippen molar-refractivity contribution in [3.63, 3.8) is 0 Å². The molecule has 0 spiro atoms. The van der Waals surface area contributed by atoms with Gasteiger partial charge in [-0.2, -0.15) is 0 Å². The Hall–Kier alpha value is -0.260. The van der Waals surface area contributed by atoms with Gasteiger partial charge < -0.3 is 0 Å². The molecule has 2 saturated carbocycles. The summed E-state index contributed by atoms with van der Waals surface area (Å²) in [6, 6.07) is 0. The van der Waals surface area contributed by atoms with Gasteiger partial charge in [0.2, 0.25) is 0 Å². The van der Waals surface area contributed by atoms with Crippen molar-refractivity contribution >= 4 is 0 Å². The first kappa shape index (κ1) is 10.3.